The van der Waals surface area contributed by atoms with E-state index in [1.54, 1.807) is 11.3 Å². The molecule has 4 rings (SSSR count). The number of aryl methyl sites for hydroxylation is 1. The van der Waals surface area contributed by atoms with Crippen LogP contribution in [0.5, 0.6) is 0 Å². The van der Waals surface area contributed by atoms with E-state index in [0.29, 0.717) is 6.42 Å². The van der Waals surface area contributed by atoms with Gasteiger partial charge >= 0.3 is 0 Å². The first-order chi connectivity index (χ1) is 12.6. The molecule has 6 nitrogen and oxygen atoms in total. The molecule has 0 radical (unpaired) electrons. The van der Waals surface area contributed by atoms with E-state index in [0.717, 1.165) is 58.0 Å². The molecule has 1 aliphatic rings. The summed E-state index contributed by atoms with van der Waals surface area (Å²) in [5.41, 5.74) is 7.75. The number of piperidine rings is 1. The standard InChI is InChI=1S/C19H21N5OS/c1-12-22-23-19(26-12)13-2-3-14-11-21-17(9-15(14)8-13)10-18(25)24-6-4-16(20)5-7-24/h2-3,8-9,11,16H,4-7,10,20H2,1H3. The van der Waals surface area contributed by atoms with Crippen molar-refractivity contribution in [2.75, 3.05) is 13.1 Å². The third-order valence-electron chi connectivity index (χ3n) is 4.78. The molecule has 1 amide bonds. The van der Waals surface area contributed by atoms with Crippen molar-refractivity contribution in [2.24, 2.45) is 5.73 Å². The molecule has 0 aliphatic carbocycles. The molecule has 26 heavy (non-hydrogen) atoms. The van der Waals surface area contributed by atoms with Gasteiger partial charge in [-0.2, -0.15) is 0 Å². The Bertz CT molecular complexity index is 946. The van der Waals surface area contributed by atoms with Gasteiger partial charge in [-0.1, -0.05) is 23.5 Å². The fraction of sp³-hybridized carbons (Fsp3) is 0.368. The van der Waals surface area contributed by atoms with E-state index in [2.05, 4.69) is 21.2 Å². The minimum atomic E-state index is 0.125. The van der Waals surface area contributed by atoms with Gasteiger partial charge in [-0.3, -0.25) is 9.78 Å². The number of amides is 1. The molecular formula is C19H21N5OS. The van der Waals surface area contributed by atoms with Crippen LogP contribution in [0.3, 0.4) is 0 Å². The molecule has 0 bridgehead atoms. The Hall–Kier alpha value is -2.38. The fourth-order valence-electron chi connectivity index (χ4n) is 3.25. The van der Waals surface area contributed by atoms with Gasteiger partial charge < -0.3 is 10.6 Å². The first-order valence-electron chi connectivity index (χ1n) is 8.81. The Labute approximate surface area is 156 Å². The lowest BCUT2D eigenvalue weighted by Gasteiger charge is -2.30. The average molecular weight is 367 g/mol. The number of carbonyl (C=O) groups excluding carboxylic acids is 1. The number of likely N-dealkylation sites (tertiary alicyclic amines) is 1. The molecule has 2 aromatic heterocycles. The number of benzene rings is 1. The van der Waals surface area contributed by atoms with Crippen LogP contribution in [0.15, 0.2) is 30.5 Å². The van der Waals surface area contributed by atoms with Gasteiger partial charge in [0.25, 0.3) is 0 Å². The van der Waals surface area contributed by atoms with Gasteiger partial charge in [-0.15, -0.1) is 10.2 Å². The molecule has 0 unspecified atom stereocenters. The molecule has 134 valence electrons. The smallest absolute Gasteiger partial charge is 0.228 e. The maximum absolute atomic E-state index is 12.5. The topological polar surface area (TPSA) is 85.0 Å². The predicted molar refractivity (Wildman–Crippen MR) is 103 cm³/mol. The molecule has 2 N–H and O–H groups in total. The molecule has 1 aliphatic heterocycles. The van der Waals surface area contributed by atoms with E-state index in [1.165, 1.54) is 0 Å². The maximum atomic E-state index is 12.5. The second kappa shape index (κ2) is 7.09. The van der Waals surface area contributed by atoms with Gasteiger partial charge in [0, 0.05) is 36.3 Å². The zero-order valence-corrected chi connectivity index (χ0v) is 15.5. The number of hydrogen-bond acceptors (Lipinski definition) is 6. The summed E-state index contributed by atoms with van der Waals surface area (Å²) in [7, 11) is 0. The lowest BCUT2D eigenvalue weighted by molar-refractivity contribution is -0.131. The van der Waals surface area contributed by atoms with Gasteiger partial charge in [-0.05, 0) is 37.3 Å². The van der Waals surface area contributed by atoms with Gasteiger partial charge in [-0.25, -0.2) is 0 Å². The largest absolute Gasteiger partial charge is 0.342 e. The lowest BCUT2D eigenvalue weighted by atomic mass is 10.0. The summed E-state index contributed by atoms with van der Waals surface area (Å²) in [6.45, 7) is 3.44. The summed E-state index contributed by atoms with van der Waals surface area (Å²) in [4.78, 5) is 18.9. The normalized spacial score (nSPS) is 15.5. The highest BCUT2D eigenvalue weighted by molar-refractivity contribution is 7.14. The Morgan fingerprint density at radius 3 is 2.77 bits per heavy atom. The SMILES string of the molecule is Cc1nnc(-c2ccc3cnc(CC(=O)N4CCC(N)CC4)cc3c2)s1. The van der Waals surface area contributed by atoms with Gasteiger partial charge in [0.15, 0.2) is 0 Å². The van der Waals surface area contributed by atoms with Crippen LogP contribution in [-0.2, 0) is 11.2 Å². The summed E-state index contributed by atoms with van der Waals surface area (Å²) in [5.74, 6) is 0.125. The monoisotopic (exact) mass is 367 g/mol. The predicted octanol–water partition coefficient (Wildman–Crippen LogP) is 2.55. The van der Waals surface area contributed by atoms with Crippen LogP contribution in [0.4, 0.5) is 0 Å². The van der Waals surface area contributed by atoms with Crippen LogP contribution in [0, 0.1) is 6.92 Å². The van der Waals surface area contributed by atoms with E-state index in [-0.39, 0.29) is 11.9 Å². The zero-order chi connectivity index (χ0) is 18.1. The number of carbonyl (C=O) groups is 1. The van der Waals surface area contributed by atoms with E-state index in [4.69, 9.17) is 5.73 Å². The van der Waals surface area contributed by atoms with Gasteiger partial charge in [0.1, 0.15) is 10.0 Å². The third-order valence-corrected chi connectivity index (χ3v) is 5.66. The van der Waals surface area contributed by atoms with Crippen molar-refractivity contribution >= 4 is 28.0 Å². The number of pyridine rings is 1. The van der Waals surface area contributed by atoms with Crippen LogP contribution in [-0.4, -0.2) is 45.1 Å². The van der Waals surface area contributed by atoms with Crippen molar-refractivity contribution in [3.05, 3.63) is 41.2 Å². The Balaban J connectivity index is 1.55. The number of aromatic nitrogens is 3. The number of rotatable bonds is 3. The minimum Gasteiger partial charge on any atom is -0.342 e. The van der Waals surface area contributed by atoms with Gasteiger partial charge in [0.05, 0.1) is 12.1 Å². The Kier molecular flexibility index (Phi) is 4.65. The lowest BCUT2D eigenvalue weighted by Crippen LogP contribution is -2.43. The van der Waals surface area contributed by atoms with Crippen molar-refractivity contribution in [3.63, 3.8) is 0 Å². The van der Waals surface area contributed by atoms with Crippen molar-refractivity contribution in [1.82, 2.24) is 20.1 Å². The van der Waals surface area contributed by atoms with Crippen LogP contribution in [0.2, 0.25) is 0 Å². The first kappa shape index (κ1) is 17.1. The Morgan fingerprint density at radius 2 is 2.04 bits per heavy atom. The molecule has 3 aromatic rings. The maximum Gasteiger partial charge on any atom is 0.228 e. The van der Waals surface area contributed by atoms with Crippen molar-refractivity contribution in [2.45, 2.75) is 32.2 Å². The highest BCUT2D eigenvalue weighted by atomic mass is 32.1. The number of fused-ring (bicyclic) bond motifs is 1. The van der Waals surface area contributed by atoms with E-state index in [9.17, 15) is 4.79 Å². The second-order valence-corrected chi connectivity index (χ2v) is 7.94. The van der Waals surface area contributed by atoms with E-state index >= 15 is 0 Å². The number of hydrogen-bond donors (Lipinski definition) is 1. The van der Waals surface area contributed by atoms with Crippen molar-refractivity contribution in [3.8, 4) is 10.6 Å². The summed E-state index contributed by atoms with van der Waals surface area (Å²) >= 11 is 1.57. The summed E-state index contributed by atoms with van der Waals surface area (Å²) < 4.78 is 0. The molecule has 7 heteroatoms. The highest BCUT2D eigenvalue weighted by Crippen LogP contribution is 2.27. The zero-order valence-electron chi connectivity index (χ0n) is 14.7. The van der Waals surface area contributed by atoms with Crippen molar-refractivity contribution in [1.29, 1.82) is 0 Å². The summed E-state index contributed by atoms with van der Waals surface area (Å²) in [6.07, 6.45) is 3.91. The molecule has 3 heterocycles. The quantitative estimate of drug-likeness (QED) is 0.769. The highest BCUT2D eigenvalue weighted by Gasteiger charge is 2.21. The minimum absolute atomic E-state index is 0.125. The second-order valence-electron chi connectivity index (χ2n) is 6.76. The van der Waals surface area contributed by atoms with E-state index in [1.807, 2.05) is 36.2 Å². The molecule has 1 saturated heterocycles. The number of nitrogens with two attached hydrogens (primary N) is 1. The molecule has 1 fully saturated rings. The molecule has 0 atom stereocenters. The molecule has 0 saturated carbocycles. The Morgan fingerprint density at radius 1 is 1.23 bits per heavy atom. The average Bonchev–Trinajstić information content (AvgIpc) is 3.08. The van der Waals surface area contributed by atoms with E-state index < -0.39 is 0 Å². The molecule has 1 aromatic carbocycles. The molecular weight excluding hydrogens is 346 g/mol. The van der Waals surface area contributed by atoms with Crippen molar-refractivity contribution < 1.29 is 4.79 Å². The van der Waals surface area contributed by atoms with Crippen LogP contribution >= 0.6 is 11.3 Å². The van der Waals surface area contributed by atoms with Gasteiger partial charge in [0.2, 0.25) is 5.91 Å². The summed E-state index contributed by atoms with van der Waals surface area (Å²) in [6, 6.07) is 8.38. The van der Waals surface area contributed by atoms with Crippen LogP contribution in [0.25, 0.3) is 21.3 Å². The third kappa shape index (κ3) is 3.59. The first-order valence-corrected chi connectivity index (χ1v) is 9.62. The fourth-order valence-corrected chi connectivity index (χ4v) is 3.93. The molecule has 0 spiro atoms. The summed E-state index contributed by atoms with van der Waals surface area (Å²) in [5, 5.41) is 12.3. The number of nitrogens with zero attached hydrogens (tertiary/aromatic N) is 4. The van der Waals surface area contributed by atoms with Crippen LogP contribution < -0.4 is 5.73 Å². The van der Waals surface area contributed by atoms with Crippen LogP contribution in [0.1, 0.15) is 23.5 Å².